The molecule has 0 bridgehead atoms. The zero-order valence-electron chi connectivity index (χ0n) is 28.9. The normalized spacial score (nSPS) is 19.2. The number of piperidine rings is 2. The number of aliphatic hydroxyl groups excluding tert-OH is 1. The van der Waals surface area contributed by atoms with Crippen LogP contribution in [0.2, 0.25) is 0 Å². The van der Waals surface area contributed by atoms with Gasteiger partial charge in [0, 0.05) is 85.8 Å². The van der Waals surface area contributed by atoms with Gasteiger partial charge in [-0.05, 0) is 82.1 Å². The second-order valence-electron chi connectivity index (χ2n) is 13.5. The standard InChI is InChI=1S/C28H37F3N6O2.C9H8N2O/c1-20-18-36(13-14-37(20)26(39)19-34-9-3-2-4-10-34)25-6-5-22(28(29,30)31)15-24(25)21-16-32-27(33-17-21)35-11-7-23(38)8-12-35;12-7-6-11-5-3-8-2-1-4-10-9(8)11/h5-6,15-17,20,23,38H,2-4,7-14,18-19H2,1H3;1-5,7H,6H2. The molecule has 3 aromatic heterocycles. The Morgan fingerprint density at radius 3 is 2.37 bits per heavy atom. The van der Waals surface area contributed by atoms with E-state index in [0.717, 1.165) is 49.3 Å². The van der Waals surface area contributed by atoms with Crippen molar-refractivity contribution in [1.29, 1.82) is 0 Å². The SMILES string of the molecule is CC1CN(c2ccc(C(F)(F)F)cc2-c2cnc(N3CCC(O)CC3)nc2)CCN1C(=O)CN1CCCCC1.O=CCn1ccc2cccnc21. The first-order chi connectivity index (χ1) is 24.6. The molecule has 51 heavy (non-hydrogen) atoms. The molecule has 7 rings (SSSR count). The molecule has 0 aliphatic carbocycles. The van der Waals surface area contributed by atoms with Crippen molar-refractivity contribution in [3.05, 3.63) is 66.7 Å². The van der Waals surface area contributed by atoms with Crippen LogP contribution in [0.1, 0.15) is 44.6 Å². The molecule has 14 heteroatoms. The van der Waals surface area contributed by atoms with Gasteiger partial charge in [-0.15, -0.1) is 0 Å². The van der Waals surface area contributed by atoms with Gasteiger partial charge in [0.05, 0.1) is 24.8 Å². The summed E-state index contributed by atoms with van der Waals surface area (Å²) in [6, 6.07) is 9.55. The molecule has 3 aliphatic heterocycles. The maximum absolute atomic E-state index is 13.7. The molecule has 1 N–H and O–H groups in total. The van der Waals surface area contributed by atoms with Crippen LogP contribution in [-0.4, -0.2) is 111 Å². The summed E-state index contributed by atoms with van der Waals surface area (Å²) >= 11 is 0. The number of halogens is 3. The predicted octanol–water partition coefficient (Wildman–Crippen LogP) is 4.88. The lowest BCUT2D eigenvalue weighted by molar-refractivity contribution is -0.137. The van der Waals surface area contributed by atoms with E-state index in [9.17, 15) is 27.9 Å². The Labute approximate surface area is 295 Å². The molecule has 272 valence electrons. The topological polar surface area (TPSA) is 111 Å². The molecule has 3 saturated heterocycles. The molecular formula is C37H45F3N8O3. The molecule has 4 aromatic rings. The van der Waals surface area contributed by atoms with Crippen molar-refractivity contribution in [2.45, 2.75) is 63.9 Å². The van der Waals surface area contributed by atoms with Gasteiger partial charge in [0.2, 0.25) is 11.9 Å². The number of hydrogen-bond acceptors (Lipinski definition) is 9. The van der Waals surface area contributed by atoms with Crippen LogP contribution in [0, 0.1) is 0 Å². The Bertz CT molecular complexity index is 1770. The molecule has 0 spiro atoms. The summed E-state index contributed by atoms with van der Waals surface area (Å²) in [6.07, 6.45) is 7.54. The molecule has 6 heterocycles. The summed E-state index contributed by atoms with van der Waals surface area (Å²) in [5.74, 6) is 0.625. The Morgan fingerprint density at radius 1 is 0.941 bits per heavy atom. The van der Waals surface area contributed by atoms with E-state index < -0.39 is 11.7 Å². The number of carbonyl (C=O) groups is 2. The van der Waals surface area contributed by atoms with E-state index >= 15 is 0 Å². The number of anilines is 2. The van der Waals surface area contributed by atoms with E-state index in [1.54, 1.807) is 18.6 Å². The highest BCUT2D eigenvalue weighted by Crippen LogP contribution is 2.38. The zero-order chi connectivity index (χ0) is 36.0. The lowest BCUT2D eigenvalue weighted by Gasteiger charge is -2.42. The minimum Gasteiger partial charge on any atom is -0.393 e. The number of nitrogens with zero attached hydrogens (tertiary/aromatic N) is 8. The number of pyridine rings is 1. The number of likely N-dealkylation sites (tertiary alicyclic amines) is 1. The molecule has 1 amide bonds. The van der Waals surface area contributed by atoms with Crippen LogP contribution < -0.4 is 9.80 Å². The Balaban J connectivity index is 0.000000313. The number of hydrogen-bond donors (Lipinski definition) is 1. The highest BCUT2D eigenvalue weighted by Gasteiger charge is 2.34. The van der Waals surface area contributed by atoms with Crippen molar-refractivity contribution in [2.24, 2.45) is 0 Å². The quantitative estimate of drug-likeness (QED) is 0.269. The summed E-state index contributed by atoms with van der Waals surface area (Å²) < 4.78 is 42.8. The molecular weight excluding hydrogens is 661 g/mol. The van der Waals surface area contributed by atoms with Gasteiger partial charge in [-0.1, -0.05) is 6.42 Å². The Kier molecular flexibility index (Phi) is 11.5. The number of alkyl halides is 3. The smallest absolute Gasteiger partial charge is 0.393 e. The number of piperazine rings is 1. The molecule has 1 unspecified atom stereocenters. The van der Waals surface area contributed by atoms with E-state index in [4.69, 9.17) is 0 Å². The predicted molar refractivity (Wildman–Crippen MR) is 189 cm³/mol. The minimum atomic E-state index is -4.48. The van der Waals surface area contributed by atoms with Crippen LogP contribution in [0.25, 0.3) is 22.2 Å². The Morgan fingerprint density at radius 2 is 1.69 bits per heavy atom. The van der Waals surface area contributed by atoms with Crippen LogP contribution in [0.3, 0.4) is 0 Å². The van der Waals surface area contributed by atoms with E-state index in [1.165, 1.54) is 18.6 Å². The van der Waals surface area contributed by atoms with Crippen LogP contribution in [-0.2, 0) is 22.3 Å². The first-order valence-corrected chi connectivity index (χ1v) is 17.7. The number of aromatic nitrogens is 4. The van der Waals surface area contributed by atoms with Gasteiger partial charge in [-0.2, -0.15) is 13.2 Å². The van der Waals surface area contributed by atoms with Gasteiger partial charge in [0.15, 0.2) is 0 Å². The summed E-state index contributed by atoms with van der Waals surface area (Å²) in [6.45, 7) is 7.55. The van der Waals surface area contributed by atoms with E-state index in [0.29, 0.717) is 81.4 Å². The zero-order valence-corrected chi connectivity index (χ0v) is 28.9. The lowest BCUT2D eigenvalue weighted by Crippen LogP contribution is -2.56. The van der Waals surface area contributed by atoms with Gasteiger partial charge in [-0.25, -0.2) is 15.0 Å². The molecule has 1 aromatic carbocycles. The van der Waals surface area contributed by atoms with Crippen molar-refractivity contribution < 1.29 is 27.9 Å². The van der Waals surface area contributed by atoms with Crippen molar-refractivity contribution in [2.75, 3.05) is 62.2 Å². The number of fused-ring (bicyclic) bond motifs is 1. The molecule has 0 saturated carbocycles. The van der Waals surface area contributed by atoms with Crippen molar-refractivity contribution in [3.8, 4) is 11.1 Å². The number of aliphatic hydroxyl groups is 1. The molecule has 11 nitrogen and oxygen atoms in total. The molecule has 1 atom stereocenters. The first-order valence-electron chi connectivity index (χ1n) is 17.7. The van der Waals surface area contributed by atoms with Gasteiger partial charge >= 0.3 is 6.18 Å². The minimum absolute atomic E-state index is 0.0701. The maximum Gasteiger partial charge on any atom is 0.416 e. The van der Waals surface area contributed by atoms with Crippen molar-refractivity contribution >= 4 is 34.9 Å². The fourth-order valence-corrected chi connectivity index (χ4v) is 7.10. The highest BCUT2D eigenvalue weighted by molar-refractivity contribution is 5.81. The summed E-state index contributed by atoms with van der Waals surface area (Å²) in [4.78, 5) is 44.6. The maximum atomic E-state index is 13.7. The first kappa shape index (κ1) is 36.2. The summed E-state index contributed by atoms with van der Waals surface area (Å²) in [5, 5.41) is 10.8. The molecule has 0 radical (unpaired) electrons. The third-order valence-electron chi connectivity index (χ3n) is 9.91. The third kappa shape index (κ3) is 8.85. The number of amides is 1. The van der Waals surface area contributed by atoms with Gasteiger partial charge < -0.3 is 29.2 Å². The summed E-state index contributed by atoms with van der Waals surface area (Å²) in [5.41, 5.74) is 1.75. The molecule has 3 aliphatic rings. The van der Waals surface area contributed by atoms with Crippen LogP contribution >= 0.6 is 0 Å². The highest BCUT2D eigenvalue weighted by atomic mass is 19.4. The number of benzene rings is 1. The van der Waals surface area contributed by atoms with E-state index in [-0.39, 0.29) is 18.1 Å². The second kappa shape index (κ2) is 16.2. The molecule has 3 fully saturated rings. The largest absolute Gasteiger partial charge is 0.416 e. The number of rotatable bonds is 7. The average molecular weight is 707 g/mol. The average Bonchev–Trinajstić information content (AvgIpc) is 3.55. The fourth-order valence-electron chi connectivity index (χ4n) is 7.10. The van der Waals surface area contributed by atoms with Crippen LogP contribution in [0.4, 0.5) is 24.8 Å². The van der Waals surface area contributed by atoms with Gasteiger partial charge in [0.1, 0.15) is 11.9 Å². The van der Waals surface area contributed by atoms with Crippen LogP contribution in [0.5, 0.6) is 0 Å². The van der Waals surface area contributed by atoms with Gasteiger partial charge in [0.25, 0.3) is 0 Å². The number of aldehydes is 1. The van der Waals surface area contributed by atoms with Gasteiger partial charge in [-0.3, -0.25) is 9.69 Å². The number of carbonyl (C=O) groups excluding carboxylic acids is 2. The van der Waals surface area contributed by atoms with Crippen LogP contribution in [0.15, 0.2) is 61.2 Å². The van der Waals surface area contributed by atoms with Crippen molar-refractivity contribution in [1.82, 2.24) is 29.3 Å². The van der Waals surface area contributed by atoms with Crippen molar-refractivity contribution in [3.63, 3.8) is 0 Å². The second-order valence-corrected chi connectivity index (χ2v) is 13.5. The van der Waals surface area contributed by atoms with E-state index in [1.807, 2.05) is 45.7 Å². The Hall–Kier alpha value is -4.56. The fraction of sp³-hybridized carbons (Fsp3) is 0.486. The summed E-state index contributed by atoms with van der Waals surface area (Å²) in [7, 11) is 0. The lowest BCUT2D eigenvalue weighted by atomic mass is 10.0. The monoisotopic (exact) mass is 706 g/mol. The third-order valence-corrected chi connectivity index (χ3v) is 9.91. The van der Waals surface area contributed by atoms with E-state index in [2.05, 4.69) is 24.8 Å².